The van der Waals surface area contributed by atoms with Crippen molar-refractivity contribution in [3.63, 3.8) is 0 Å². The number of nitrogens with zero attached hydrogens (tertiary/aromatic N) is 2. The highest BCUT2D eigenvalue weighted by Crippen LogP contribution is 2.25. The van der Waals surface area contributed by atoms with Crippen LogP contribution in [-0.2, 0) is 10.7 Å². The van der Waals surface area contributed by atoms with Gasteiger partial charge < -0.3 is 0 Å². The van der Waals surface area contributed by atoms with Crippen molar-refractivity contribution < 1.29 is 18.4 Å². The fourth-order valence-electron chi connectivity index (χ4n) is 1.43. The largest absolute Gasteiger partial charge is 0.367 e. The number of hydrogen-bond acceptors (Lipinski definition) is 5. The van der Waals surface area contributed by atoms with Crippen molar-refractivity contribution in [2.75, 3.05) is 0 Å². The number of carbonyl (C=O) groups excluding carboxylic acids is 2. The first-order chi connectivity index (χ1) is 9.93. The zero-order valence-corrected chi connectivity index (χ0v) is 11.6. The molecule has 0 radical (unpaired) electrons. The minimum Gasteiger partial charge on any atom is -0.266 e. The summed E-state index contributed by atoms with van der Waals surface area (Å²) in [7, 11) is 0. The number of nitrogens with one attached hydrogen (secondary N) is 2. The van der Waals surface area contributed by atoms with E-state index < -0.39 is 23.4 Å². The molecule has 0 spiro atoms. The minimum atomic E-state index is -3.85. The van der Waals surface area contributed by atoms with Crippen LogP contribution in [0.3, 0.4) is 0 Å². The zero-order valence-electron chi connectivity index (χ0n) is 10.8. The Balaban J connectivity index is 2.02. The molecule has 0 bridgehead atoms. The van der Waals surface area contributed by atoms with Gasteiger partial charge in [-0.1, -0.05) is 6.07 Å². The van der Waals surface area contributed by atoms with Gasteiger partial charge in [-0.3, -0.25) is 25.4 Å². The maximum atomic E-state index is 13.8. The molecule has 6 nitrogen and oxygen atoms in total. The summed E-state index contributed by atoms with van der Waals surface area (Å²) in [5, 5.41) is 0. The highest BCUT2D eigenvalue weighted by Gasteiger charge is 2.42. The Labute approximate surface area is 122 Å². The van der Waals surface area contributed by atoms with Gasteiger partial charge in [0.1, 0.15) is 10.6 Å². The lowest BCUT2D eigenvalue weighted by Gasteiger charge is -2.15. The predicted molar refractivity (Wildman–Crippen MR) is 70.6 cm³/mol. The zero-order chi connectivity index (χ0) is 15.5. The van der Waals surface area contributed by atoms with Gasteiger partial charge in [0, 0.05) is 6.20 Å². The summed E-state index contributed by atoms with van der Waals surface area (Å²) < 4.78 is 27.6. The van der Waals surface area contributed by atoms with E-state index in [2.05, 4.69) is 9.97 Å². The van der Waals surface area contributed by atoms with Crippen LogP contribution < -0.4 is 10.9 Å². The number of pyridine rings is 1. The summed E-state index contributed by atoms with van der Waals surface area (Å²) in [6.45, 7) is 1.59. The van der Waals surface area contributed by atoms with Gasteiger partial charge in [0.05, 0.1) is 11.2 Å². The second-order valence-electron chi connectivity index (χ2n) is 3.96. The first kappa shape index (κ1) is 15.0. The van der Waals surface area contributed by atoms with E-state index in [1.54, 1.807) is 12.3 Å². The van der Waals surface area contributed by atoms with Crippen LogP contribution in [0.4, 0.5) is 8.78 Å². The molecule has 0 aliphatic heterocycles. The molecule has 0 aliphatic rings. The predicted octanol–water partition coefficient (Wildman–Crippen LogP) is 1.40. The molecule has 0 saturated carbocycles. The van der Waals surface area contributed by atoms with Gasteiger partial charge in [-0.05, 0) is 19.1 Å². The highest BCUT2D eigenvalue weighted by molar-refractivity contribution is 7.11. The molecule has 0 unspecified atom stereocenters. The van der Waals surface area contributed by atoms with Crippen LogP contribution in [0.1, 0.15) is 21.1 Å². The first-order valence-corrected chi connectivity index (χ1v) is 6.61. The third-order valence-electron chi connectivity index (χ3n) is 2.51. The summed E-state index contributed by atoms with van der Waals surface area (Å²) in [5.41, 5.74) is 4.80. The van der Waals surface area contributed by atoms with Crippen LogP contribution in [0.5, 0.6) is 0 Å². The van der Waals surface area contributed by atoms with E-state index in [9.17, 15) is 18.4 Å². The number of halogens is 2. The average molecular weight is 312 g/mol. The Morgan fingerprint density at radius 2 is 2.00 bits per heavy atom. The smallest absolute Gasteiger partial charge is 0.266 e. The van der Waals surface area contributed by atoms with Crippen LogP contribution in [0.25, 0.3) is 0 Å². The number of alkyl halides is 2. The maximum absolute atomic E-state index is 13.8. The Morgan fingerprint density at radius 1 is 1.24 bits per heavy atom. The molecule has 110 valence electrons. The number of hydrazine groups is 1. The number of hydrogen-bond donors (Lipinski definition) is 2. The number of rotatable bonds is 3. The van der Waals surface area contributed by atoms with Gasteiger partial charge in [0.15, 0.2) is 0 Å². The molecule has 0 atom stereocenters. The van der Waals surface area contributed by atoms with Gasteiger partial charge in [-0.25, -0.2) is 4.98 Å². The Bertz CT molecular complexity index is 660. The van der Waals surface area contributed by atoms with E-state index in [0.717, 1.165) is 23.6 Å². The van der Waals surface area contributed by atoms with Crippen LogP contribution in [0, 0.1) is 6.92 Å². The summed E-state index contributed by atoms with van der Waals surface area (Å²) in [6, 6.07) is 3.81. The van der Waals surface area contributed by atoms with Crippen molar-refractivity contribution in [3.8, 4) is 0 Å². The van der Waals surface area contributed by atoms with E-state index in [1.807, 2.05) is 5.43 Å². The lowest BCUT2D eigenvalue weighted by molar-refractivity contribution is -0.148. The molecule has 2 N–H and O–H groups in total. The van der Waals surface area contributed by atoms with Crippen LogP contribution in [0.2, 0.25) is 0 Å². The molecule has 0 aliphatic carbocycles. The number of aryl methyl sites for hydroxylation is 1. The van der Waals surface area contributed by atoms with Crippen molar-refractivity contribution in [2.24, 2.45) is 0 Å². The molecule has 2 amide bonds. The third-order valence-corrected chi connectivity index (χ3v) is 3.44. The molecule has 0 aromatic carbocycles. The van der Waals surface area contributed by atoms with Gasteiger partial charge >= 0.3 is 11.8 Å². The molecule has 0 saturated heterocycles. The fraction of sp³-hybridized carbons (Fsp3) is 0.167. The van der Waals surface area contributed by atoms with Gasteiger partial charge in [-0.2, -0.15) is 8.78 Å². The summed E-state index contributed by atoms with van der Waals surface area (Å²) >= 11 is 1.04. The lowest BCUT2D eigenvalue weighted by Crippen LogP contribution is -2.48. The Morgan fingerprint density at radius 3 is 2.57 bits per heavy atom. The minimum absolute atomic E-state index is 0.233. The van der Waals surface area contributed by atoms with Crippen molar-refractivity contribution in [2.45, 2.75) is 12.8 Å². The van der Waals surface area contributed by atoms with Crippen molar-refractivity contribution in [1.82, 2.24) is 20.8 Å². The number of carbonyl (C=O) groups is 2. The van der Waals surface area contributed by atoms with Gasteiger partial charge in [0.25, 0.3) is 5.91 Å². The maximum Gasteiger partial charge on any atom is 0.367 e. The molecule has 0 fully saturated rings. The summed E-state index contributed by atoms with van der Waals surface area (Å²) in [5.74, 6) is -6.23. The van der Waals surface area contributed by atoms with Crippen molar-refractivity contribution in [3.05, 3.63) is 46.2 Å². The number of thiazole rings is 1. The molecule has 9 heteroatoms. The van der Waals surface area contributed by atoms with E-state index >= 15 is 0 Å². The molecule has 2 aromatic rings. The normalized spacial score (nSPS) is 11.0. The SMILES string of the molecule is Cc1ncsc1C(=O)NNC(=O)C(F)(F)c1ccccn1. The molecule has 2 aromatic heterocycles. The standard InChI is InChI=1S/C12H10F2N4O2S/c1-7-9(21-6-16-7)10(19)17-18-11(20)12(13,14)8-4-2-3-5-15-8/h2-6H,1H3,(H,17,19)(H,18,20). The van der Waals surface area contributed by atoms with Crippen LogP contribution in [0.15, 0.2) is 29.9 Å². The first-order valence-electron chi connectivity index (χ1n) is 5.73. The van der Waals surface area contributed by atoms with E-state index in [-0.39, 0.29) is 4.88 Å². The third kappa shape index (κ3) is 3.19. The second kappa shape index (κ2) is 5.92. The second-order valence-corrected chi connectivity index (χ2v) is 4.82. The van der Waals surface area contributed by atoms with E-state index in [4.69, 9.17) is 0 Å². The van der Waals surface area contributed by atoms with Crippen molar-refractivity contribution in [1.29, 1.82) is 0 Å². The molecule has 2 heterocycles. The Hall–Kier alpha value is -2.42. The summed E-state index contributed by atoms with van der Waals surface area (Å²) in [4.78, 5) is 30.7. The molecule has 21 heavy (non-hydrogen) atoms. The van der Waals surface area contributed by atoms with Crippen LogP contribution in [-0.4, -0.2) is 21.8 Å². The van der Waals surface area contributed by atoms with E-state index in [1.165, 1.54) is 17.6 Å². The molecular formula is C12H10F2N4O2S. The fourth-order valence-corrected chi connectivity index (χ4v) is 2.13. The highest BCUT2D eigenvalue weighted by atomic mass is 32.1. The van der Waals surface area contributed by atoms with Gasteiger partial charge in [0.2, 0.25) is 0 Å². The monoisotopic (exact) mass is 312 g/mol. The lowest BCUT2D eigenvalue weighted by atomic mass is 10.2. The van der Waals surface area contributed by atoms with E-state index in [0.29, 0.717) is 5.69 Å². The van der Waals surface area contributed by atoms with Crippen molar-refractivity contribution >= 4 is 23.2 Å². The molecule has 2 rings (SSSR count). The molecular weight excluding hydrogens is 302 g/mol. The number of aromatic nitrogens is 2. The van der Waals surface area contributed by atoms with Crippen LogP contribution >= 0.6 is 11.3 Å². The quantitative estimate of drug-likeness (QED) is 0.839. The topological polar surface area (TPSA) is 84.0 Å². The number of amides is 2. The van der Waals surface area contributed by atoms with Gasteiger partial charge in [-0.15, -0.1) is 11.3 Å². The Kier molecular flexibility index (Phi) is 4.22. The summed E-state index contributed by atoms with van der Waals surface area (Å²) in [6.07, 6.45) is 1.15. The average Bonchev–Trinajstić information content (AvgIpc) is 2.91.